The molecule has 576 valence electrons. The van der Waals surface area contributed by atoms with E-state index in [-0.39, 0.29) is 25.7 Å². The number of phosphoric acid groups is 2. The summed E-state index contributed by atoms with van der Waals surface area (Å²) >= 11 is 0. The lowest BCUT2D eigenvalue weighted by Gasteiger charge is -2.21. The fourth-order valence-electron chi connectivity index (χ4n) is 11.8. The molecule has 0 rings (SSSR count). The number of carbonyl (C=O) groups is 4. The summed E-state index contributed by atoms with van der Waals surface area (Å²) in [5.74, 6) is 0.998. The molecule has 0 fully saturated rings. The molecule has 3 N–H and O–H groups in total. The number of hydrogen-bond acceptors (Lipinski definition) is 15. The number of carbonyl (C=O) groups excluding carboxylic acids is 4. The molecule has 0 aliphatic heterocycles. The summed E-state index contributed by atoms with van der Waals surface area (Å²) in [4.78, 5) is 72.9. The first-order valence-corrected chi connectivity index (χ1v) is 43.3. The minimum absolute atomic E-state index is 0.106. The van der Waals surface area contributed by atoms with Gasteiger partial charge in [-0.1, -0.05) is 344 Å². The van der Waals surface area contributed by atoms with Crippen LogP contribution in [-0.4, -0.2) is 96.7 Å². The molecular formula is C78H152O17P2. The van der Waals surface area contributed by atoms with E-state index in [9.17, 15) is 43.2 Å². The van der Waals surface area contributed by atoms with Crippen molar-refractivity contribution in [3.8, 4) is 0 Å². The molecule has 0 amide bonds. The van der Waals surface area contributed by atoms with Crippen LogP contribution in [0.4, 0.5) is 0 Å². The molecule has 7 atom stereocenters. The van der Waals surface area contributed by atoms with Crippen LogP contribution in [0.3, 0.4) is 0 Å². The zero-order valence-electron chi connectivity index (χ0n) is 63.7. The molecule has 0 aromatic carbocycles. The van der Waals surface area contributed by atoms with Gasteiger partial charge in [0, 0.05) is 25.7 Å². The van der Waals surface area contributed by atoms with Crippen LogP contribution in [0.5, 0.6) is 0 Å². The van der Waals surface area contributed by atoms with Crippen molar-refractivity contribution in [3.63, 3.8) is 0 Å². The summed E-state index contributed by atoms with van der Waals surface area (Å²) < 4.78 is 68.6. The number of ether oxygens (including phenoxy) is 4. The second-order valence-electron chi connectivity index (χ2n) is 29.5. The van der Waals surface area contributed by atoms with Crippen molar-refractivity contribution in [2.75, 3.05) is 39.6 Å². The van der Waals surface area contributed by atoms with E-state index >= 15 is 0 Å². The van der Waals surface area contributed by atoms with Crippen molar-refractivity contribution in [3.05, 3.63) is 0 Å². The van der Waals surface area contributed by atoms with Gasteiger partial charge in [-0.25, -0.2) is 9.13 Å². The van der Waals surface area contributed by atoms with Gasteiger partial charge >= 0.3 is 39.5 Å². The minimum atomic E-state index is -4.96. The summed E-state index contributed by atoms with van der Waals surface area (Å²) in [6.45, 7) is 14.2. The van der Waals surface area contributed by atoms with Crippen LogP contribution in [0.15, 0.2) is 0 Å². The van der Waals surface area contributed by atoms with Crippen LogP contribution in [0, 0.1) is 23.7 Å². The number of unbranched alkanes of at least 4 members (excludes halogenated alkanes) is 39. The fourth-order valence-corrected chi connectivity index (χ4v) is 13.4. The first-order valence-electron chi connectivity index (χ1n) is 40.3. The average molecular weight is 1420 g/mol. The van der Waals surface area contributed by atoms with Crippen molar-refractivity contribution in [2.45, 2.75) is 414 Å². The van der Waals surface area contributed by atoms with E-state index in [1.807, 2.05) is 0 Å². The van der Waals surface area contributed by atoms with Gasteiger partial charge in [0.15, 0.2) is 12.2 Å². The Labute approximate surface area is 594 Å². The zero-order valence-corrected chi connectivity index (χ0v) is 65.5. The minimum Gasteiger partial charge on any atom is -0.462 e. The second kappa shape index (κ2) is 67.2. The maximum atomic E-state index is 13.1. The number of hydrogen-bond donors (Lipinski definition) is 3. The lowest BCUT2D eigenvalue weighted by molar-refractivity contribution is -0.161. The van der Waals surface area contributed by atoms with E-state index < -0.39 is 97.5 Å². The van der Waals surface area contributed by atoms with E-state index in [1.165, 1.54) is 193 Å². The molecule has 97 heavy (non-hydrogen) atoms. The Morgan fingerprint density at radius 3 is 0.732 bits per heavy atom. The molecule has 0 spiro atoms. The van der Waals surface area contributed by atoms with Crippen molar-refractivity contribution < 1.29 is 80.2 Å². The lowest BCUT2D eigenvalue weighted by atomic mass is 9.99. The van der Waals surface area contributed by atoms with Crippen LogP contribution < -0.4 is 0 Å². The predicted molar refractivity (Wildman–Crippen MR) is 395 cm³/mol. The van der Waals surface area contributed by atoms with Crippen molar-refractivity contribution in [1.82, 2.24) is 0 Å². The number of rotatable bonds is 75. The van der Waals surface area contributed by atoms with E-state index in [0.717, 1.165) is 120 Å². The van der Waals surface area contributed by atoms with Gasteiger partial charge in [-0.2, -0.15) is 0 Å². The van der Waals surface area contributed by atoms with Gasteiger partial charge in [0.05, 0.1) is 26.4 Å². The van der Waals surface area contributed by atoms with Gasteiger partial charge in [0.25, 0.3) is 0 Å². The largest absolute Gasteiger partial charge is 0.472 e. The molecule has 0 aromatic heterocycles. The highest BCUT2D eigenvalue weighted by atomic mass is 31.2. The maximum absolute atomic E-state index is 13.1. The van der Waals surface area contributed by atoms with Gasteiger partial charge in [0.1, 0.15) is 19.3 Å². The van der Waals surface area contributed by atoms with E-state index in [0.29, 0.717) is 25.7 Å². The third-order valence-electron chi connectivity index (χ3n) is 18.8. The van der Waals surface area contributed by atoms with Gasteiger partial charge in [-0.05, 0) is 49.4 Å². The average Bonchev–Trinajstić information content (AvgIpc) is 1.58. The summed E-state index contributed by atoms with van der Waals surface area (Å²) in [5, 5.41) is 10.6. The Bertz CT molecular complexity index is 1910. The third kappa shape index (κ3) is 69.5. The molecule has 0 aliphatic carbocycles. The van der Waals surface area contributed by atoms with Crippen LogP contribution in [0.25, 0.3) is 0 Å². The first kappa shape index (κ1) is 95.1. The normalized spacial score (nSPS) is 14.6. The van der Waals surface area contributed by atoms with Crippen molar-refractivity contribution in [1.29, 1.82) is 0 Å². The maximum Gasteiger partial charge on any atom is 0.472 e. The third-order valence-corrected chi connectivity index (χ3v) is 20.7. The van der Waals surface area contributed by atoms with Gasteiger partial charge < -0.3 is 33.8 Å². The SMILES string of the molecule is CCC(C)CCCCCCCCCCCCC(=O)O[C@H](COC(=O)CCCCCCCCCCCCCCCCCC(C)C)COP(=O)(O)OC[C@@H](O)COP(=O)(O)OC[C@@H](COC(=O)CCCCCCCCC(C)CC)OC(=O)CCCCCCCCCCCCCCC(C)C. The summed E-state index contributed by atoms with van der Waals surface area (Å²) in [6.07, 6.45) is 52.6. The van der Waals surface area contributed by atoms with Crippen LogP contribution in [0.2, 0.25) is 0 Å². The van der Waals surface area contributed by atoms with Crippen LogP contribution in [0.1, 0.15) is 396 Å². The molecule has 0 saturated heterocycles. The van der Waals surface area contributed by atoms with E-state index in [1.54, 1.807) is 0 Å². The number of aliphatic hydroxyl groups is 1. The molecular weight excluding hydrogens is 1270 g/mol. The molecule has 0 aromatic rings. The Morgan fingerprint density at radius 2 is 0.495 bits per heavy atom. The summed E-state index contributed by atoms with van der Waals surface area (Å²) in [5.41, 5.74) is 0. The van der Waals surface area contributed by atoms with Gasteiger partial charge in [0.2, 0.25) is 0 Å². The molecule has 0 heterocycles. The standard InChI is InChI=1S/C78H152O17P2/c1-9-70(7)56-48-40-32-26-22-23-29-35-45-53-61-78(83)94-73(64-88-75(80)58-50-42-33-27-20-15-13-11-12-14-18-24-30-38-46-54-68(3)4)66-92-96(84,85)90-62-72(79)63-91-97(86,87)93-67-74(65-89-76(81)59-51-43-37-36-41-49-57-71(8)10-2)95-77(82)60-52-44-34-28-21-17-16-19-25-31-39-47-55-69(5)6/h68-74,79H,9-67H2,1-8H3,(H,84,85)(H,86,87)/t70?,71?,72-,73-,74-/m1/s1. The molecule has 0 aliphatic rings. The van der Waals surface area contributed by atoms with Crippen molar-refractivity contribution >= 4 is 39.5 Å². The highest BCUT2D eigenvalue weighted by Gasteiger charge is 2.30. The Morgan fingerprint density at radius 1 is 0.289 bits per heavy atom. The van der Waals surface area contributed by atoms with Crippen molar-refractivity contribution in [2.24, 2.45) is 23.7 Å². The number of aliphatic hydroxyl groups excluding tert-OH is 1. The molecule has 0 bridgehead atoms. The first-order chi connectivity index (χ1) is 46.7. The Kier molecular flexibility index (Phi) is 65.9. The Balaban J connectivity index is 5.25. The summed E-state index contributed by atoms with van der Waals surface area (Å²) in [6, 6.07) is 0. The fraction of sp³-hybridized carbons (Fsp3) is 0.949. The predicted octanol–water partition coefficient (Wildman–Crippen LogP) is 22.8. The topological polar surface area (TPSA) is 237 Å². The smallest absolute Gasteiger partial charge is 0.462 e. The molecule has 0 saturated carbocycles. The highest BCUT2D eigenvalue weighted by Crippen LogP contribution is 2.45. The van der Waals surface area contributed by atoms with Gasteiger partial charge in [-0.3, -0.25) is 37.3 Å². The quantitative estimate of drug-likeness (QED) is 0.0222. The molecule has 17 nitrogen and oxygen atoms in total. The van der Waals surface area contributed by atoms with E-state index in [4.69, 9.17) is 37.0 Å². The highest BCUT2D eigenvalue weighted by molar-refractivity contribution is 7.47. The summed E-state index contributed by atoms with van der Waals surface area (Å²) in [7, 11) is -9.92. The monoisotopic (exact) mass is 1420 g/mol. The van der Waals surface area contributed by atoms with Gasteiger partial charge in [-0.15, -0.1) is 0 Å². The molecule has 4 unspecified atom stereocenters. The lowest BCUT2D eigenvalue weighted by Crippen LogP contribution is -2.30. The molecule has 0 radical (unpaired) electrons. The number of esters is 4. The van der Waals surface area contributed by atoms with Crippen LogP contribution in [-0.2, 0) is 65.4 Å². The van der Waals surface area contributed by atoms with Crippen LogP contribution >= 0.6 is 15.6 Å². The second-order valence-corrected chi connectivity index (χ2v) is 32.4. The molecule has 19 heteroatoms. The zero-order chi connectivity index (χ0) is 71.7. The van der Waals surface area contributed by atoms with E-state index in [2.05, 4.69) is 55.4 Å². The number of phosphoric ester groups is 2. The Hall–Kier alpha value is -1.94.